The Kier molecular flexibility index (Phi) is 3.62. The smallest absolute Gasteiger partial charge is 0.0951 e. The molecule has 1 aromatic carbocycles. The van der Waals surface area contributed by atoms with E-state index in [0.29, 0.717) is 0 Å². The normalized spacial score (nSPS) is 19.5. The highest BCUT2D eigenvalue weighted by Gasteiger charge is 2.15. The summed E-state index contributed by atoms with van der Waals surface area (Å²) in [4.78, 5) is 4.27. The fourth-order valence-corrected chi connectivity index (χ4v) is 2.39. The minimum absolute atomic E-state index is 0.229. The van der Waals surface area contributed by atoms with Crippen molar-refractivity contribution in [3.63, 3.8) is 0 Å². The van der Waals surface area contributed by atoms with Crippen LogP contribution in [0, 0.1) is 6.92 Å². The number of morpholine rings is 1. The van der Waals surface area contributed by atoms with Crippen molar-refractivity contribution in [2.75, 3.05) is 19.7 Å². The van der Waals surface area contributed by atoms with Crippen LogP contribution in [0.1, 0.15) is 5.56 Å². The number of imidazole rings is 1. The van der Waals surface area contributed by atoms with E-state index in [2.05, 4.69) is 46.1 Å². The first kappa shape index (κ1) is 12.4. The minimum Gasteiger partial charge on any atom is -0.374 e. The van der Waals surface area contributed by atoms with Crippen LogP contribution in [0.25, 0.3) is 11.3 Å². The van der Waals surface area contributed by atoms with E-state index >= 15 is 0 Å². The number of hydrogen-bond acceptors (Lipinski definition) is 3. The first-order valence-corrected chi connectivity index (χ1v) is 6.72. The number of hydrogen-bond donors (Lipinski definition) is 1. The number of ether oxygens (including phenoxy) is 1. The second-order valence-electron chi connectivity index (χ2n) is 4.99. The van der Waals surface area contributed by atoms with Crippen molar-refractivity contribution in [1.82, 2.24) is 14.9 Å². The molecule has 0 radical (unpaired) electrons. The minimum atomic E-state index is 0.229. The monoisotopic (exact) mass is 257 g/mol. The molecule has 0 bridgehead atoms. The molecule has 1 atom stereocenters. The van der Waals surface area contributed by atoms with Crippen LogP contribution in [0.15, 0.2) is 36.8 Å². The molecule has 4 heteroatoms. The van der Waals surface area contributed by atoms with Crippen molar-refractivity contribution >= 4 is 0 Å². The zero-order chi connectivity index (χ0) is 13.1. The topological polar surface area (TPSA) is 39.1 Å². The van der Waals surface area contributed by atoms with Gasteiger partial charge in [-0.15, -0.1) is 0 Å². The zero-order valence-electron chi connectivity index (χ0n) is 11.2. The van der Waals surface area contributed by atoms with Crippen molar-refractivity contribution < 1.29 is 4.74 Å². The second-order valence-corrected chi connectivity index (χ2v) is 4.99. The lowest BCUT2D eigenvalue weighted by Gasteiger charge is -2.24. The van der Waals surface area contributed by atoms with Gasteiger partial charge in [0, 0.05) is 13.1 Å². The molecule has 19 heavy (non-hydrogen) atoms. The van der Waals surface area contributed by atoms with E-state index in [9.17, 15) is 0 Å². The third-order valence-electron chi connectivity index (χ3n) is 3.46. The Morgan fingerprint density at radius 1 is 1.37 bits per heavy atom. The summed E-state index contributed by atoms with van der Waals surface area (Å²) in [6.07, 6.45) is 4.03. The summed E-state index contributed by atoms with van der Waals surface area (Å²) in [5.41, 5.74) is 3.62. The molecule has 1 unspecified atom stereocenters. The summed E-state index contributed by atoms with van der Waals surface area (Å²) in [5.74, 6) is 0. The lowest BCUT2D eigenvalue weighted by Crippen LogP contribution is -2.40. The van der Waals surface area contributed by atoms with E-state index in [0.717, 1.165) is 31.9 Å². The van der Waals surface area contributed by atoms with Crippen LogP contribution in [0.2, 0.25) is 0 Å². The van der Waals surface area contributed by atoms with Crippen LogP contribution < -0.4 is 5.32 Å². The van der Waals surface area contributed by atoms with Crippen molar-refractivity contribution in [1.29, 1.82) is 0 Å². The molecular weight excluding hydrogens is 238 g/mol. The molecule has 1 fully saturated rings. The van der Waals surface area contributed by atoms with Gasteiger partial charge in [0.2, 0.25) is 0 Å². The Morgan fingerprint density at radius 2 is 2.21 bits per heavy atom. The first-order valence-electron chi connectivity index (χ1n) is 6.72. The maximum Gasteiger partial charge on any atom is 0.0951 e. The first-order chi connectivity index (χ1) is 9.33. The SMILES string of the molecule is Cc1ccc(-c2cncn2CC2CNCCO2)cc1. The average Bonchev–Trinajstić information content (AvgIpc) is 2.89. The van der Waals surface area contributed by atoms with Crippen LogP contribution in [0.5, 0.6) is 0 Å². The quantitative estimate of drug-likeness (QED) is 0.912. The highest BCUT2D eigenvalue weighted by atomic mass is 16.5. The van der Waals surface area contributed by atoms with Gasteiger partial charge in [-0.2, -0.15) is 0 Å². The van der Waals surface area contributed by atoms with Crippen LogP contribution in [0.3, 0.4) is 0 Å². The third kappa shape index (κ3) is 2.85. The van der Waals surface area contributed by atoms with Gasteiger partial charge in [0.1, 0.15) is 0 Å². The van der Waals surface area contributed by atoms with Gasteiger partial charge in [0.15, 0.2) is 0 Å². The number of aryl methyl sites for hydroxylation is 1. The predicted molar refractivity (Wildman–Crippen MR) is 75.0 cm³/mol. The van der Waals surface area contributed by atoms with Gasteiger partial charge in [-0.05, 0) is 12.5 Å². The number of nitrogens with one attached hydrogen (secondary N) is 1. The van der Waals surface area contributed by atoms with Gasteiger partial charge < -0.3 is 14.6 Å². The average molecular weight is 257 g/mol. The van der Waals surface area contributed by atoms with E-state index in [1.165, 1.54) is 11.1 Å². The van der Waals surface area contributed by atoms with Gasteiger partial charge in [-0.25, -0.2) is 4.98 Å². The summed E-state index contributed by atoms with van der Waals surface area (Å²) in [6, 6.07) is 8.54. The molecule has 2 heterocycles. The molecule has 0 aliphatic carbocycles. The van der Waals surface area contributed by atoms with E-state index in [-0.39, 0.29) is 6.10 Å². The van der Waals surface area contributed by atoms with Crippen LogP contribution in [-0.4, -0.2) is 35.4 Å². The molecule has 4 nitrogen and oxygen atoms in total. The summed E-state index contributed by atoms with van der Waals surface area (Å²) < 4.78 is 7.92. The molecule has 1 aromatic heterocycles. The number of benzene rings is 1. The van der Waals surface area contributed by atoms with Gasteiger partial charge in [0.25, 0.3) is 0 Å². The Labute approximate surface area is 113 Å². The standard InChI is InChI=1S/C15H19N3O/c1-12-2-4-13(5-3-12)15-9-17-11-18(15)10-14-8-16-6-7-19-14/h2-5,9,11,14,16H,6-8,10H2,1H3. The van der Waals surface area contributed by atoms with E-state index < -0.39 is 0 Å². The van der Waals surface area contributed by atoms with Gasteiger partial charge in [0.05, 0.1) is 37.5 Å². The van der Waals surface area contributed by atoms with Crippen LogP contribution >= 0.6 is 0 Å². The molecular formula is C15H19N3O. The van der Waals surface area contributed by atoms with Gasteiger partial charge in [-0.3, -0.25) is 0 Å². The Bertz CT molecular complexity index is 527. The van der Waals surface area contributed by atoms with Gasteiger partial charge in [-0.1, -0.05) is 29.8 Å². The third-order valence-corrected chi connectivity index (χ3v) is 3.46. The molecule has 100 valence electrons. The second kappa shape index (κ2) is 5.55. The fraction of sp³-hybridized carbons (Fsp3) is 0.400. The molecule has 0 spiro atoms. The number of aromatic nitrogens is 2. The molecule has 1 aliphatic heterocycles. The Balaban J connectivity index is 1.79. The Morgan fingerprint density at radius 3 is 2.95 bits per heavy atom. The van der Waals surface area contributed by atoms with Crippen molar-refractivity contribution in [2.24, 2.45) is 0 Å². The zero-order valence-corrected chi connectivity index (χ0v) is 11.2. The lowest BCUT2D eigenvalue weighted by atomic mass is 10.1. The van der Waals surface area contributed by atoms with Crippen LogP contribution in [0.4, 0.5) is 0 Å². The Hall–Kier alpha value is -1.65. The largest absolute Gasteiger partial charge is 0.374 e. The summed E-state index contributed by atoms with van der Waals surface area (Å²) >= 11 is 0. The number of nitrogens with zero attached hydrogens (tertiary/aromatic N) is 2. The van der Waals surface area contributed by atoms with E-state index in [1.807, 2.05) is 12.5 Å². The maximum atomic E-state index is 5.75. The van der Waals surface area contributed by atoms with Crippen molar-refractivity contribution in [3.05, 3.63) is 42.4 Å². The molecule has 3 rings (SSSR count). The maximum absolute atomic E-state index is 5.75. The molecule has 2 aromatic rings. The molecule has 1 N–H and O–H groups in total. The highest BCUT2D eigenvalue weighted by molar-refractivity contribution is 5.59. The summed E-state index contributed by atoms with van der Waals surface area (Å²) in [7, 11) is 0. The molecule has 1 aliphatic rings. The molecule has 0 saturated carbocycles. The van der Waals surface area contributed by atoms with Crippen molar-refractivity contribution in [3.8, 4) is 11.3 Å². The highest BCUT2D eigenvalue weighted by Crippen LogP contribution is 2.20. The lowest BCUT2D eigenvalue weighted by molar-refractivity contribution is 0.0184. The molecule has 1 saturated heterocycles. The molecule has 0 amide bonds. The van der Waals surface area contributed by atoms with E-state index in [4.69, 9.17) is 4.74 Å². The van der Waals surface area contributed by atoms with E-state index in [1.54, 1.807) is 0 Å². The summed E-state index contributed by atoms with van der Waals surface area (Å²) in [6.45, 7) is 5.59. The van der Waals surface area contributed by atoms with Crippen LogP contribution in [-0.2, 0) is 11.3 Å². The van der Waals surface area contributed by atoms with Gasteiger partial charge >= 0.3 is 0 Å². The summed E-state index contributed by atoms with van der Waals surface area (Å²) in [5, 5.41) is 3.36. The number of rotatable bonds is 3. The predicted octanol–water partition coefficient (Wildman–Crippen LogP) is 1.85. The van der Waals surface area contributed by atoms with Crippen molar-refractivity contribution in [2.45, 2.75) is 19.6 Å². The fourth-order valence-electron chi connectivity index (χ4n) is 2.39.